The van der Waals surface area contributed by atoms with Gasteiger partial charge in [-0.2, -0.15) is 4.31 Å². The number of morpholine rings is 1. The number of ether oxygens (including phenoxy) is 2. The fourth-order valence-corrected chi connectivity index (χ4v) is 5.54. The Morgan fingerprint density at radius 2 is 1.88 bits per heavy atom. The summed E-state index contributed by atoms with van der Waals surface area (Å²) in [4.78, 5) is 28.8. The number of nitrogens with one attached hydrogen (secondary N) is 1. The van der Waals surface area contributed by atoms with Crippen molar-refractivity contribution in [2.24, 2.45) is 0 Å². The van der Waals surface area contributed by atoms with Gasteiger partial charge in [0.25, 0.3) is 5.91 Å². The van der Waals surface area contributed by atoms with E-state index in [1.54, 1.807) is 0 Å². The van der Waals surface area contributed by atoms with Crippen molar-refractivity contribution < 1.29 is 27.5 Å². The normalized spacial score (nSPS) is 14.9. The molecule has 0 atom stereocenters. The van der Waals surface area contributed by atoms with Crippen molar-refractivity contribution in [3.8, 4) is 0 Å². The minimum Gasteiger partial charge on any atom is -0.452 e. The fourth-order valence-electron chi connectivity index (χ4n) is 3.15. The van der Waals surface area contributed by atoms with E-state index in [1.807, 2.05) is 25.1 Å². The molecule has 1 aliphatic rings. The third kappa shape index (κ3) is 4.96. The lowest BCUT2D eigenvalue weighted by atomic mass is 10.2. The van der Waals surface area contributed by atoms with Crippen molar-refractivity contribution in [1.82, 2.24) is 9.29 Å². The summed E-state index contributed by atoms with van der Waals surface area (Å²) in [6.07, 6.45) is 0. The molecule has 1 amide bonds. The highest BCUT2D eigenvalue weighted by atomic mass is 32.2. The van der Waals surface area contributed by atoms with Crippen molar-refractivity contribution in [2.45, 2.75) is 11.8 Å². The number of amides is 1. The molecule has 2 heterocycles. The average Bonchev–Trinajstić information content (AvgIpc) is 3.19. The summed E-state index contributed by atoms with van der Waals surface area (Å²) in [5, 5.41) is 3.04. The van der Waals surface area contributed by atoms with Crippen molar-refractivity contribution in [1.29, 1.82) is 0 Å². The van der Waals surface area contributed by atoms with E-state index in [-0.39, 0.29) is 23.5 Å². The van der Waals surface area contributed by atoms with Crippen LogP contribution in [0.1, 0.15) is 15.9 Å². The molecule has 0 saturated carbocycles. The number of aryl methyl sites for hydroxylation is 1. The van der Waals surface area contributed by atoms with Crippen LogP contribution in [0.25, 0.3) is 10.2 Å². The van der Waals surface area contributed by atoms with Gasteiger partial charge >= 0.3 is 5.97 Å². The Labute approximate surface area is 189 Å². The fraction of sp³-hybridized carbons (Fsp3) is 0.286. The largest absolute Gasteiger partial charge is 0.452 e. The van der Waals surface area contributed by atoms with Crippen LogP contribution < -0.4 is 5.32 Å². The van der Waals surface area contributed by atoms with Crippen LogP contribution in [0.2, 0.25) is 0 Å². The number of hydrogen-bond donors (Lipinski definition) is 1. The van der Waals surface area contributed by atoms with Gasteiger partial charge in [-0.3, -0.25) is 10.1 Å². The number of carbonyl (C=O) groups is 2. The van der Waals surface area contributed by atoms with E-state index in [4.69, 9.17) is 9.47 Å². The van der Waals surface area contributed by atoms with Gasteiger partial charge in [0.15, 0.2) is 11.7 Å². The first-order valence-corrected chi connectivity index (χ1v) is 12.1. The van der Waals surface area contributed by atoms with Crippen LogP contribution >= 0.6 is 11.3 Å². The van der Waals surface area contributed by atoms with Crippen LogP contribution in [0, 0.1) is 6.92 Å². The first-order chi connectivity index (χ1) is 15.3. The summed E-state index contributed by atoms with van der Waals surface area (Å²) in [7, 11) is -3.65. The molecule has 0 radical (unpaired) electrons. The Morgan fingerprint density at radius 3 is 2.59 bits per heavy atom. The van der Waals surface area contributed by atoms with Crippen molar-refractivity contribution in [2.75, 3.05) is 38.2 Å². The Bertz CT molecular complexity index is 1250. The number of anilines is 1. The molecule has 1 N–H and O–H groups in total. The van der Waals surface area contributed by atoms with Crippen LogP contribution in [0.4, 0.5) is 5.13 Å². The number of aromatic nitrogens is 1. The third-order valence-electron chi connectivity index (χ3n) is 4.82. The van der Waals surface area contributed by atoms with Crippen LogP contribution in [0.15, 0.2) is 47.4 Å². The molecule has 1 aromatic heterocycles. The molecule has 9 nitrogen and oxygen atoms in total. The van der Waals surface area contributed by atoms with Gasteiger partial charge in [0.1, 0.15) is 0 Å². The van der Waals surface area contributed by atoms with Gasteiger partial charge in [0.2, 0.25) is 10.0 Å². The molecule has 1 aliphatic heterocycles. The molecular weight excluding hydrogens is 454 g/mol. The molecule has 168 valence electrons. The van der Waals surface area contributed by atoms with Crippen molar-refractivity contribution >= 4 is 48.6 Å². The van der Waals surface area contributed by atoms with Gasteiger partial charge in [0.05, 0.1) is 33.9 Å². The Hall–Kier alpha value is -2.86. The predicted molar refractivity (Wildman–Crippen MR) is 119 cm³/mol. The van der Waals surface area contributed by atoms with Gasteiger partial charge in [0, 0.05) is 13.1 Å². The number of rotatable bonds is 6. The molecule has 2 aromatic carbocycles. The minimum atomic E-state index is -3.65. The molecule has 1 saturated heterocycles. The zero-order chi connectivity index (χ0) is 22.7. The van der Waals surface area contributed by atoms with Gasteiger partial charge in [-0.15, -0.1) is 0 Å². The molecule has 0 bridgehead atoms. The van der Waals surface area contributed by atoms with Crippen LogP contribution in [0.3, 0.4) is 0 Å². The molecule has 0 unspecified atom stereocenters. The summed E-state index contributed by atoms with van der Waals surface area (Å²) in [5.41, 5.74) is 2.02. The number of fused-ring (bicyclic) bond motifs is 1. The van der Waals surface area contributed by atoms with E-state index in [1.165, 1.54) is 39.9 Å². The Kier molecular flexibility index (Phi) is 6.51. The second-order valence-corrected chi connectivity index (χ2v) is 10.1. The SMILES string of the molecule is Cc1ccc2nc(NC(=O)COC(=O)c3ccc(S(=O)(=O)N4CCOCC4)cc3)sc2c1. The van der Waals surface area contributed by atoms with Gasteiger partial charge < -0.3 is 9.47 Å². The lowest BCUT2D eigenvalue weighted by Gasteiger charge is -2.26. The maximum Gasteiger partial charge on any atom is 0.338 e. The van der Waals surface area contributed by atoms with Crippen LogP contribution in [-0.2, 0) is 24.3 Å². The first-order valence-electron chi connectivity index (χ1n) is 9.85. The van der Waals surface area contributed by atoms with Gasteiger partial charge in [-0.25, -0.2) is 18.2 Å². The summed E-state index contributed by atoms with van der Waals surface area (Å²) in [5.74, 6) is -1.24. The van der Waals surface area contributed by atoms with E-state index in [0.29, 0.717) is 18.3 Å². The van der Waals surface area contributed by atoms with Gasteiger partial charge in [-0.1, -0.05) is 17.4 Å². The molecule has 3 aromatic rings. The molecule has 11 heteroatoms. The molecule has 0 aliphatic carbocycles. The number of esters is 1. The smallest absolute Gasteiger partial charge is 0.338 e. The zero-order valence-electron chi connectivity index (χ0n) is 17.2. The molecule has 32 heavy (non-hydrogen) atoms. The van der Waals surface area contributed by atoms with Crippen LogP contribution in [-0.4, -0.2) is 62.5 Å². The summed E-state index contributed by atoms with van der Waals surface area (Å²) in [6.45, 7) is 2.76. The average molecular weight is 476 g/mol. The number of benzene rings is 2. The molecular formula is C21H21N3O6S2. The molecule has 1 fully saturated rings. The van der Waals surface area contributed by atoms with Crippen molar-refractivity contribution in [3.63, 3.8) is 0 Å². The van der Waals surface area contributed by atoms with Gasteiger partial charge in [-0.05, 0) is 48.9 Å². The Morgan fingerprint density at radius 1 is 1.16 bits per heavy atom. The zero-order valence-corrected chi connectivity index (χ0v) is 18.9. The molecule has 4 rings (SSSR count). The monoisotopic (exact) mass is 475 g/mol. The lowest BCUT2D eigenvalue weighted by Crippen LogP contribution is -2.40. The molecule has 0 spiro atoms. The maximum atomic E-state index is 12.6. The number of carbonyl (C=O) groups excluding carboxylic acids is 2. The second kappa shape index (κ2) is 9.33. The standard InChI is InChI=1S/C21H21N3O6S2/c1-14-2-7-17-18(12-14)31-21(22-17)23-19(25)13-30-20(26)15-3-5-16(6-4-15)32(27,28)24-8-10-29-11-9-24/h2-7,12H,8-11,13H2,1H3,(H,22,23,25). The maximum absolute atomic E-state index is 12.6. The highest BCUT2D eigenvalue weighted by Crippen LogP contribution is 2.26. The summed E-state index contributed by atoms with van der Waals surface area (Å²) in [6, 6.07) is 11.2. The number of sulfonamides is 1. The lowest BCUT2D eigenvalue weighted by molar-refractivity contribution is -0.119. The minimum absolute atomic E-state index is 0.0831. The Balaban J connectivity index is 1.33. The first kappa shape index (κ1) is 22.3. The number of hydrogen-bond acceptors (Lipinski definition) is 8. The van der Waals surface area contributed by atoms with E-state index < -0.39 is 28.5 Å². The number of thiazole rings is 1. The third-order valence-corrected chi connectivity index (χ3v) is 7.67. The second-order valence-electron chi connectivity index (χ2n) is 7.16. The van der Waals surface area contributed by atoms with Crippen LogP contribution in [0.5, 0.6) is 0 Å². The summed E-state index contributed by atoms with van der Waals surface area (Å²) >= 11 is 1.33. The van der Waals surface area contributed by atoms with E-state index in [9.17, 15) is 18.0 Å². The highest BCUT2D eigenvalue weighted by Gasteiger charge is 2.26. The number of nitrogens with zero attached hydrogens (tertiary/aromatic N) is 2. The topological polar surface area (TPSA) is 115 Å². The van der Waals surface area contributed by atoms with E-state index >= 15 is 0 Å². The van der Waals surface area contributed by atoms with Crippen molar-refractivity contribution in [3.05, 3.63) is 53.6 Å². The highest BCUT2D eigenvalue weighted by molar-refractivity contribution is 7.89. The predicted octanol–water partition coefficient (Wildman–Crippen LogP) is 2.42. The summed E-state index contributed by atoms with van der Waals surface area (Å²) < 4.78 is 37.8. The quantitative estimate of drug-likeness (QED) is 0.545. The van der Waals surface area contributed by atoms with E-state index in [2.05, 4.69) is 10.3 Å². The van der Waals surface area contributed by atoms with E-state index in [0.717, 1.165) is 15.8 Å².